The minimum absolute atomic E-state index is 0.00903. The first-order valence-corrected chi connectivity index (χ1v) is 9.59. The number of anilines is 1. The first-order chi connectivity index (χ1) is 14.4. The van der Waals surface area contributed by atoms with Crippen molar-refractivity contribution in [3.8, 4) is 23.0 Å². The first kappa shape index (κ1) is 20.6. The normalized spacial score (nSPS) is 30.2. The molecule has 4 rings (SSSR count). The zero-order valence-corrected chi connectivity index (χ0v) is 16.2. The minimum Gasteiger partial charge on any atom is -0.394 e. The summed E-state index contributed by atoms with van der Waals surface area (Å²) in [6.07, 6.45) is -4.88. The third kappa shape index (κ3) is 3.73. The second kappa shape index (κ2) is 8.20. The number of hydrogen-bond donors (Lipinski definition) is 7. The third-order valence-corrected chi connectivity index (χ3v) is 5.40. The van der Waals surface area contributed by atoms with Crippen molar-refractivity contribution < 1.29 is 25.2 Å². The molecule has 3 heterocycles. The van der Waals surface area contributed by atoms with Crippen LogP contribution in [0.3, 0.4) is 0 Å². The number of ether oxygens (including phenoxy) is 1. The monoisotopic (exact) mass is 413 g/mol. The van der Waals surface area contributed by atoms with E-state index < -0.39 is 37.1 Å². The van der Waals surface area contributed by atoms with E-state index in [-0.39, 0.29) is 11.6 Å². The topological polar surface area (TPSA) is 147 Å². The molecule has 0 aliphatic carbocycles. The Morgan fingerprint density at radius 1 is 1.10 bits per heavy atom. The lowest BCUT2D eigenvalue weighted by atomic mass is 9.94. The predicted octanol–water partition coefficient (Wildman–Crippen LogP) is -0.773. The van der Waals surface area contributed by atoms with Crippen molar-refractivity contribution in [3.63, 3.8) is 0 Å². The van der Waals surface area contributed by atoms with E-state index in [1.807, 2.05) is 19.1 Å². The van der Waals surface area contributed by atoms with Gasteiger partial charge in [-0.05, 0) is 41.8 Å². The standard InChI is InChI=1S/C21H23N3O6/c1-10-14-7-13(11-4-5-22-17(26)8-11)6-12(18(14)24-23-10)2-3-15-19(27)21(29)20(28)16(9-25)30-15/h4-8,10,15-16,19-21,23-25,27-29H,9H2,1H3,(H,22,26)/t10?,15-,16-,19?,20-,21?/m1/s1. The Morgan fingerprint density at radius 2 is 1.90 bits per heavy atom. The smallest absolute Gasteiger partial charge is 0.248 e. The summed E-state index contributed by atoms with van der Waals surface area (Å²) in [5, 5.41) is 39.4. The summed E-state index contributed by atoms with van der Waals surface area (Å²) >= 11 is 0. The molecule has 1 aromatic carbocycles. The van der Waals surface area contributed by atoms with Gasteiger partial charge in [-0.25, -0.2) is 5.43 Å². The maximum Gasteiger partial charge on any atom is 0.248 e. The number of pyridine rings is 1. The summed E-state index contributed by atoms with van der Waals surface area (Å²) in [5.74, 6) is 5.77. The Balaban J connectivity index is 1.73. The molecule has 6 atom stereocenters. The quantitative estimate of drug-likeness (QED) is 0.318. The van der Waals surface area contributed by atoms with Crippen molar-refractivity contribution in [2.75, 3.05) is 12.0 Å². The molecule has 1 saturated heterocycles. The van der Waals surface area contributed by atoms with E-state index in [1.54, 1.807) is 12.3 Å². The molecule has 2 aliphatic rings. The fourth-order valence-electron chi connectivity index (χ4n) is 3.66. The van der Waals surface area contributed by atoms with Crippen LogP contribution in [0.4, 0.5) is 5.69 Å². The second-order valence-corrected chi connectivity index (χ2v) is 7.44. The second-order valence-electron chi connectivity index (χ2n) is 7.44. The van der Waals surface area contributed by atoms with Gasteiger partial charge in [0.1, 0.15) is 30.5 Å². The molecule has 9 nitrogen and oxygen atoms in total. The van der Waals surface area contributed by atoms with Gasteiger partial charge in [-0.3, -0.25) is 4.79 Å². The van der Waals surface area contributed by atoms with Crippen molar-refractivity contribution in [3.05, 3.63) is 51.9 Å². The number of fused-ring (bicyclic) bond motifs is 1. The molecule has 7 N–H and O–H groups in total. The third-order valence-electron chi connectivity index (χ3n) is 5.40. The van der Waals surface area contributed by atoms with Crippen molar-refractivity contribution in [1.29, 1.82) is 0 Å². The maximum atomic E-state index is 11.7. The van der Waals surface area contributed by atoms with E-state index in [9.17, 15) is 25.2 Å². The summed E-state index contributed by atoms with van der Waals surface area (Å²) in [5.41, 5.74) is 9.87. The van der Waals surface area contributed by atoms with E-state index in [4.69, 9.17) is 4.74 Å². The van der Waals surface area contributed by atoms with Gasteiger partial charge in [0.25, 0.3) is 0 Å². The molecule has 2 aromatic rings. The number of aliphatic hydroxyl groups excluding tert-OH is 4. The van der Waals surface area contributed by atoms with Crippen molar-refractivity contribution >= 4 is 5.69 Å². The summed E-state index contributed by atoms with van der Waals surface area (Å²) in [7, 11) is 0. The number of aliphatic hydroxyl groups is 4. The zero-order valence-electron chi connectivity index (χ0n) is 16.2. The van der Waals surface area contributed by atoms with Gasteiger partial charge in [0.2, 0.25) is 5.56 Å². The molecule has 0 amide bonds. The highest BCUT2D eigenvalue weighted by atomic mass is 16.5. The first-order valence-electron chi connectivity index (χ1n) is 9.59. The Labute approximate surface area is 172 Å². The number of H-pyrrole nitrogens is 1. The molecule has 2 aliphatic heterocycles. The van der Waals surface area contributed by atoms with Crippen molar-refractivity contribution in [1.82, 2.24) is 10.4 Å². The highest BCUT2D eigenvalue weighted by Crippen LogP contribution is 2.35. The maximum absolute atomic E-state index is 11.7. The molecular formula is C21H23N3O6. The number of hydrazine groups is 1. The highest BCUT2D eigenvalue weighted by Gasteiger charge is 2.42. The fraction of sp³-hybridized carbons (Fsp3) is 0.381. The lowest BCUT2D eigenvalue weighted by molar-refractivity contribution is -0.214. The molecule has 0 spiro atoms. The summed E-state index contributed by atoms with van der Waals surface area (Å²) < 4.78 is 5.46. The van der Waals surface area contributed by atoms with E-state index >= 15 is 0 Å². The molecule has 3 unspecified atom stereocenters. The van der Waals surface area contributed by atoms with Gasteiger partial charge in [0.15, 0.2) is 0 Å². The van der Waals surface area contributed by atoms with E-state index in [1.165, 1.54) is 6.07 Å². The Kier molecular flexibility index (Phi) is 5.62. The molecule has 9 heteroatoms. The van der Waals surface area contributed by atoms with Gasteiger partial charge >= 0.3 is 0 Å². The lowest BCUT2D eigenvalue weighted by Crippen LogP contribution is -2.58. The average Bonchev–Trinajstić information content (AvgIpc) is 3.12. The van der Waals surface area contributed by atoms with Crippen LogP contribution < -0.4 is 16.4 Å². The summed E-state index contributed by atoms with van der Waals surface area (Å²) in [4.78, 5) is 14.3. The molecule has 0 saturated carbocycles. The molecule has 0 bridgehead atoms. The number of nitrogens with one attached hydrogen (secondary N) is 3. The number of rotatable bonds is 2. The molecular weight excluding hydrogens is 390 g/mol. The van der Waals surface area contributed by atoms with Crippen LogP contribution in [0.15, 0.2) is 35.3 Å². The van der Waals surface area contributed by atoms with Crippen LogP contribution in [0.25, 0.3) is 11.1 Å². The Morgan fingerprint density at radius 3 is 2.63 bits per heavy atom. The highest BCUT2D eigenvalue weighted by molar-refractivity contribution is 5.76. The number of aromatic nitrogens is 1. The van der Waals surface area contributed by atoms with Gasteiger partial charge in [-0.2, -0.15) is 0 Å². The largest absolute Gasteiger partial charge is 0.394 e. The Hall–Kier alpha value is -2.71. The van der Waals surface area contributed by atoms with Crippen LogP contribution in [-0.4, -0.2) is 62.5 Å². The summed E-state index contributed by atoms with van der Waals surface area (Å²) in [6.45, 7) is 1.47. The fourth-order valence-corrected chi connectivity index (χ4v) is 3.66. The number of benzene rings is 1. The summed E-state index contributed by atoms with van der Waals surface area (Å²) in [6, 6.07) is 7.09. The van der Waals surface area contributed by atoms with Gasteiger partial charge < -0.3 is 35.6 Å². The van der Waals surface area contributed by atoms with Gasteiger partial charge in [-0.1, -0.05) is 11.8 Å². The SMILES string of the molecule is CC1NNc2c(C#C[C@H]3O[C@H](CO)[C@@H](O)C(O)C3O)cc(-c3cc[nH]c(=O)c3)cc21. The number of hydrogen-bond acceptors (Lipinski definition) is 8. The Bertz CT molecular complexity index is 1060. The minimum atomic E-state index is -1.48. The average molecular weight is 413 g/mol. The van der Waals surface area contributed by atoms with Crippen molar-refractivity contribution in [2.45, 2.75) is 43.5 Å². The van der Waals surface area contributed by atoms with E-state index in [2.05, 4.69) is 27.7 Å². The van der Waals surface area contributed by atoms with Crippen LogP contribution in [-0.2, 0) is 4.74 Å². The lowest BCUT2D eigenvalue weighted by Gasteiger charge is -2.37. The molecule has 30 heavy (non-hydrogen) atoms. The van der Waals surface area contributed by atoms with Crippen LogP contribution in [0.2, 0.25) is 0 Å². The van der Waals surface area contributed by atoms with Gasteiger partial charge in [0, 0.05) is 12.3 Å². The van der Waals surface area contributed by atoms with Gasteiger partial charge in [0.05, 0.1) is 23.9 Å². The molecule has 0 radical (unpaired) electrons. The molecule has 1 aromatic heterocycles. The molecule has 1 fully saturated rings. The van der Waals surface area contributed by atoms with Crippen LogP contribution in [0.5, 0.6) is 0 Å². The van der Waals surface area contributed by atoms with Crippen molar-refractivity contribution in [2.24, 2.45) is 0 Å². The van der Waals surface area contributed by atoms with Gasteiger partial charge in [-0.15, -0.1) is 0 Å². The predicted molar refractivity (Wildman–Crippen MR) is 108 cm³/mol. The number of aromatic amines is 1. The van der Waals surface area contributed by atoms with Crippen LogP contribution in [0, 0.1) is 11.8 Å². The van der Waals surface area contributed by atoms with Crippen LogP contribution >= 0.6 is 0 Å². The van der Waals surface area contributed by atoms with E-state index in [0.717, 1.165) is 22.4 Å². The van der Waals surface area contributed by atoms with E-state index in [0.29, 0.717) is 5.56 Å². The molecule has 158 valence electrons. The van der Waals surface area contributed by atoms with Crippen LogP contribution in [0.1, 0.15) is 24.1 Å². The zero-order chi connectivity index (χ0) is 21.4.